The number of anilines is 1. The number of nitrogens with one attached hydrogen (secondary N) is 1. The van der Waals surface area contributed by atoms with Gasteiger partial charge in [0.1, 0.15) is 0 Å². The average molecular weight is 320 g/mol. The van der Waals surface area contributed by atoms with Gasteiger partial charge in [0.25, 0.3) is 5.91 Å². The summed E-state index contributed by atoms with van der Waals surface area (Å²) in [5.74, 6) is -1.76. The van der Waals surface area contributed by atoms with Crippen molar-refractivity contribution in [1.29, 1.82) is 0 Å². The lowest BCUT2D eigenvalue weighted by Crippen LogP contribution is -2.35. The predicted molar refractivity (Wildman–Crippen MR) is 82.4 cm³/mol. The summed E-state index contributed by atoms with van der Waals surface area (Å²) in [7, 11) is 0. The SMILES string of the molecule is Cc1[nH]ncc1C(=O)N1CCCN(c2ccc(F)c(F)c2)CC1. The minimum atomic E-state index is -0.853. The van der Waals surface area contributed by atoms with E-state index in [-0.39, 0.29) is 5.91 Å². The summed E-state index contributed by atoms with van der Waals surface area (Å²) in [6.07, 6.45) is 2.30. The van der Waals surface area contributed by atoms with Gasteiger partial charge in [0, 0.05) is 43.6 Å². The zero-order valence-corrected chi connectivity index (χ0v) is 12.9. The highest BCUT2D eigenvalue weighted by Gasteiger charge is 2.22. The summed E-state index contributed by atoms with van der Waals surface area (Å²) < 4.78 is 26.4. The molecule has 2 heterocycles. The molecule has 0 atom stereocenters. The summed E-state index contributed by atoms with van der Waals surface area (Å²) in [6, 6.07) is 3.90. The number of rotatable bonds is 2. The second-order valence-electron chi connectivity index (χ2n) is 5.64. The molecule has 0 saturated carbocycles. The molecule has 1 saturated heterocycles. The van der Waals surface area contributed by atoms with Crippen LogP contribution in [0, 0.1) is 18.6 Å². The van der Waals surface area contributed by atoms with Crippen LogP contribution in [0.5, 0.6) is 0 Å². The van der Waals surface area contributed by atoms with Crippen LogP contribution in [-0.2, 0) is 0 Å². The molecule has 1 aromatic carbocycles. The molecule has 23 heavy (non-hydrogen) atoms. The standard InChI is InChI=1S/C16H18F2N4O/c1-11-13(10-19-20-11)16(23)22-6-2-5-21(7-8-22)12-3-4-14(17)15(18)9-12/h3-4,9-10H,2,5-8H2,1H3,(H,19,20). The van der Waals surface area contributed by atoms with E-state index < -0.39 is 11.6 Å². The van der Waals surface area contributed by atoms with Crippen molar-refractivity contribution in [2.75, 3.05) is 31.1 Å². The molecule has 3 rings (SSSR count). The maximum Gasteiger partial charge on any atom is 0.257 e. The Labute approximate surface area is 132 Å². The van der Waals surface area contributed by atoms with Gasteiger partial charge in [0.2, 0.25) is 0 Å². The molecule has 1 fully saturated rings. The van der Waals surface area contributed by atoms with E-state index in [0.717, 1.165) is 18.2 Å². The van der Waals surface area contributed by atoms with Crippen molar-refractivity contribution < 1.29 is 13.6 Å². The fraction of sp³-hybridized carbons (Fsp3) is 0.375. The number of nitrogens with zero attached hydrogens (tertiary/aromatic N) is 3. The van der Waals surface area contributed by atoms with Gasteiger partial charge >= 0.3 is 0 Å². The molecule has 0 unspecified atom stereocenters. The number of carbonyl (C=O) groups is 1. The first-order chi connectivity index (χ1) is 11.1. The Morgan fingerprint density at radius 2 is 2.00 bits per heavy atom. The molecule has 2 aromatic rings. The highest BCUT2D eigenvalue weighted by molar-refractivity contribution is 5.95. The van der Waals surface area contributed by atoms with Crippen molar-refractivity contribution in [3.05, 3.63) is 47.3 Å². The third kappa shape index (κ3) is 3.18. The first-order valence-corrected chi connectivity index (χ1v) is 7.55. The number of aryl methyl sites for hydroxylation is 1. The normalized spacial score (nSPS) is 15.6. The van der Waals surface area contributed by atoms with Crippen LogP contribution in [-0.4, -0.2) is 47.2 Å². The van der Waals surface area contributed by atoms with Crippen molar-refractivity contribution in [3.63, 3.8) is 0 Å². The Hall–Kier alpha value is -2.44. The molecule has 1 N–H and O–H groups in total. The van der Waals surface area contributed by atoms with Crippen molar-refractivity contribution in [2.45, 2.75) is 13.3 Å². The molecule has 1 aliphatic heterocycles. The van der Waals surface area contributed by atoms with Crippen LogP contribution in [0.25, 0.3) is 0 Å². The van der Waals surface area contributed by atoms with Gasteiger partial charge in [0.15, 0.2) is 11.6 Å². The number of benzene rings is 1. The maximum absolute atomic E-state index is 13.4. The Balaban J connectivity index is 1.71. The summed E-state index contributed by atoms with van der Waals surface area (Å²) in [5.41, 5.74) is 1.96. The molecule has 0 bridgehead atoms. The molecule has 122 valence electrons. The lowest BCUT2D eigenvalue weighted by atomic mass is 10.2. The van der Waals surface area contributed by atoms with Gasteiger partial charge in [-0.2, -0.15) is 5.10 Å². The molecular formula is C16H18F2N4O. The number of H-pyrrole nitrogens is 1. The van der Waals surface area contributed by atoms with E-state index in [2.05, 4.69) is 10.2 Å². The number of amides is 1. The van der Waals surface area contributed by atoms with E-state index in [9.17, 15) is 13.6 Å². The first kappa shape index (κ1) is 15.5. The lowest BCUT2D eigenvalue weighted by Gasteiger charge is -2.23. The molecular weight excluding hydrogens is 302 g/mol. The van der Waals surface area contributed by atoms with Gasteiger partial charge in [-0.05, 0) is 25.5 Å². The number of carbonyl (C=O) groups excluding carboxylic acids is 1. The van der Waals surface area contributed by atoms with Crippen LogP contribution < -0.4 is 4.90 Å². The minimum Gasteiger partial charge on any atom is -0.370 e. The van der Waals surface area contributed by atoms with E-state index in [1.165, 1.54) is 12.3 Å². The van der Waals surface area contributed by atoms with Gasteiger partial charge in [-0.15, -0.1) is 0 Å². The quantitative estimate of drug-likeness (QED) is 0.924. The highest BCUT2D eigenvalue weighted by atomic mass is 19.2. The molecule has 7 heteroatoms. The van der Waals surface area contributed by atoms with E-state index in [4.69, 9.17) is 0 Å². The fourth-order valence-corrected chi connectivity index (χ4v) is 2.80. The number of aromatic amines is 1. The zero-order valence-electron chi connectivity index (χ0n) is 12.9. The Kier molecular flexibility index (Phi) is 4.27. The van der Waals surface area contributed by atoms with Crippen LogP contribution in [0.4, 0.5) is 14.5 Å². The van der Waals surface area contributed by atoms with Gasteiger partial charge < -0.3 is 9.80 Å². The van der Waals surface area contributed by atoms with Crippen molar-refractivity contribution >= 4 is 11.6 Å². The molecule has 0 radical (unpaired) electrons. The molecule has 1 amide bonds. The topological polar surface area (TPSA) is 52.2 Å². The van der Waals surface area contributed by atoms with Crippen LogP contribution >= 0.6 is 0 Å². The monoisotopic (exact) mass is 320 g/mol. The van der Waals surface area contributed by atoms with Crippen molar-refractivity contribution in [3.8, 4) is 0 Å². The van der Waals surface area contributed by atoms with E-state index >= 15 is 0 Å². The largest absolute Gasteiger partial charge is 0.370 e. The van der Waals surface area contributed by atoms with Crippen LogP contribution in [0.3, 0.4) is 0 Å². The number of hydrogen-bond acceptors (Lipinski definition) is 3. The second kappa shape index (κ2) is 6.36. The minimum absolute atomic E-state index is 0.0524. The first-order valence-electron chi connectivity index (χ1n) is 7.55. The third-order valence-corrected chi connectivity index (χ3v) is 4.11. The third-order valence-electron chi connectivity index (χ3n) is 4.11. The maximum atomic E-state index is 13.4. The number of halogens is 2. The summed E-state index contributed by atoms with van der Waals surface area (Å²) in [4.78, 5) is 16.3. The summed E-state index contributed by atoms with van der Waals surface area (Å²) in [5, 5.41) is 6.65. The van der Waals surface area contributed by atoms with Crippen LogP contribution in [0.1, 0.15) is 22.5 Å². The Bertz CT molecular complexity index is 716. The van der Waals surface area contributed by atoms with Crippen molar-refractivity contribution in [2.24, 2.45) is 0 Å². The van der Waals surface area contributed by atoms with E-state index in [1.807, 2.05) is 11.8 Å². The van der Waals surface area contributed by atoms with Crippen molar-refractivity contribution in [1.82, 2.24) is 15.1 Å². The van der Waals surface area contributed by atoms with Gasteiger partial charge in [-0.3, -0.25) is 9.89 Å². The number of hydrogen-bond donors (Lipinski definition) is 1. The van der Waals surface area contributed by atoms with Gasteiger partial charge in [0.05, 0.1) is 11.8 Å². The summed E-state index contributed by atoms with van der Waals surface area (Å²) in [6.45, 7) is 4.24. The van der Waals surface area contributed by atoms with Crippen LogP contribution in [0.2, 0.25) is 0 Å². The second-order valence-corrected chi connectivity index (χ2v) is 5.64. The summed E-state index contributed by atoms with van der Waals surface area (Å²) >= 11 is 0. The molecule has 0 aliphatic carbocycles. The lowest BCUT2D eigenvalue weighted by molar-refractivity contribution is 0.0766. The van der Waals surface area contributed by atoms with Gasteiger partial charge in [-0.25, -0.2) is 8.78 Å². The zero-order chi connectivity index (χ0) is 16.4. The Morgan fingerprint density at radius 1 is 1.17 bits per heavy atom. The molecule has 5 nitrogen and oxygen atoms in total. The van der Waals surface area contributed by atoms with Crippen LogP contribution in [0.15, 0.2) is 24.4 Å². The van der Waals surface area contributed by atoms with E-state index in [0.29, 0.717) is 37.4 Å². The van der Waals surface area contributed by atoms with Gasteiger partial charge in [-0.1, -0.05) is 0 Å². The smallest absolute Gasteiger partial charge is 0.257 e. The molecule has 0 spiro atoms. The predicted octanol–water partition coefficient (Wildman–Crippen LogP) is 2.35. The Morgan fingerprint density at radius 3 is 2.70 bits per heavy atom. The molecule has 1 aromatic heterocycles. The number of aromatic nitrogens is 2. The fourth-order valence-electron chi connectivity index (χ4n) is 2.80. The highest BCUT2D eigenvalue weighted by Crippen LogP contribution is 2.20. The molecule has 1 aliphatic rings. The average Bonchev–Trinajstić information content (AvgIpc) is 2.82. The van der Waals surface area contributed by atoms with E-state index in [1.54, 1.807) is 11.0 Å².